The van der Waals surface area contributed by atoms with Crippen LogP contribution in [-0.4, -0.2) is 25.9 Å². The summed E-state index contributed by atoms with van der Waals surface area (Å²) < 4.78 is 10.6. The molecule has 0 bridgehead atoms. The monoisotopic (exact) mass is 393 g/mol. The van der Waals surface area contributed by atoms with E-state index in [4.69, 9.17) is 21.1 Å². The smallest absolute Gasteiger partial charge is 0.220 e. The first-order valence-electron chi connectivity index (χ1n) is 8.43. The van der Waals surface area contributed by atoms with Gasteiger partial charge in [-0.2, -0.15) is 0 Å². The molecule has 0 unspecified atom stereocenters. The fraction of sp³-hybridized carbons (Fsp3) is 0.350. The largest absolute Gasteiger partial charge is 0.497 e. The summed E-state index contributed by atoms with van der Waals surface area (Å²) in [6, 6.07) is 13.1. The second kappa shape index (κ2) is 10.3. The Labute approximate surface area is 164 Å². The third-order valence-corrected chi connectivity index (χ3v) is 5.26. The Hall–Kier alpha value is -1.85. The number of carbonyl (C=O) groups excluding carboxylic acids is 1. The summed E-state index contributed by atoms with van der Waals surface area (Å²) in [6.45, 7) is 1.94. The topological polar surface area (TPSA) is 47.6 Å². The zero-order valence-corrected chi connectivity index (χ0v) is 16.8. The summed E-state index contributed by atoms with van der Waals surface area (Å²) >= 11 is 7.60. The minimum atomic E-state index is -0.156. The third kappa shape index (κ3) is 6.15. The van der Waals surface area contributed by atoms with Gasteiger partial charge < -0.3 is 14.8 Å². The summed E-state index contributed by atoms with van der Waals surface area (Å²) in [5.74, 6) is 2.38. The van der Waals surface area contributed by atoms with E-state index < -0.39 is 0 Å². The van der Waals surface area contributed by atoms with Crippen LogP contribution >= 0.6 is 23.4 Å². The molecule has 0 aliphatic rings. The van der Waals surface area contributed by atoms with E-state index >= 15 is 0 Å². The molecule has 26 heavy (non-hydrogen) atoms. The Morgan fingerprint density at radius 3 is 2.54 bits per heavy atom. The molecule has 1 atom stereocenters. The van der Waals surface area contributed by atoms with Crippen molar-refractivity contribution in [2.75, 3.05) is 20.0 Å². The van der Waals surface area contributed by atoms with Gasteiger partial charge in [-0.25, -0.2) is 0 Å². The van der Waals surface area contributed by atoms with E-state index in [2.05, 4.69) is 5.32 Å². The lowest BCUT2D eigenvalue weighted by molar-refractivity contribution is -0.121. The second-order valence-corrected chi connectivity index (χ2v) is 7.41. The fourth-order valence-corrected chi connectivity index (χ4v) is 3.50. The van der Waals surface area contributed by atoms with Crippen LogP contribution < -0.4 is 14.8 Å². The van der Waals surface area contributed by atoms with E-state index in [-0.39, 0.29) is 11.9 Å². The van der Waals surface area contributed by atoms with Gasteiger partial charge in [0, 0.05) is 21.9 Å². The van der Waals surface area contributed by atoms with Gasteiger partial charge in [0.25, 0.3) is 0 Å². The average molecular weight is 394 g/mol. The summed E-state index contributed by atoms with van der Waals surface area (Å²) in [4.78, 5) is 13.4. The van der Waals surface area contributed by atoms with Gasteiger partial charge in [0.1, 0.15) is 11.5 Å². The van der Waals surface area contributed by atoms with E-state index in [9.17, 15) is 4.79 Å². The minimum absolute atomic E-state index is 0.0269. The van der Waals surface area contributed by atoms with Gasteiger partial charge in [-0.15, -0.1) is 11.8 Å². The lowest BCUT2D eigenvalue weighted by Crippen LogP contribution is -2.26. The van der Waals surface area contributed by atoms with E-state index in [1.807, 2.05) is 49.4 Å². The average Bonchev–Trinajstić information content (AvgIpc) is 2.66. The normalized spacial score (nSPS) is 11.7. The summed E-state index contributed by atoms with van der Waals surface area (Å²) in [5, 5.41) is 3.76. The molecule has 140 valence electrons. The molecule has 2 aromatic carbocycles. The number of thioether (sulfide) groups is 1. The number of nitrogens with one attached hydrogen (secondary N) is 1. The SMILES string of the molecule is COc1ccc(OC)c([C@@H](C)NC(=O)CCCSc2ccc(Cl)cc2)c1. The molecule has 0 aliphatic heterocycles. The van der Waals surface area contributed by atoms with Crippen molar-refractivity contribution in [1.29, 1.82) is 0 Å². The van der Waals surface area contributed by atoms with Crippen LogP contribution in [0.5, 0.6) is 11.5 Å². The zero-order chi connectivity index (χ0) is 18.9. The molecule has 0 fully saturated rings. The van der Waals surface area contributed by atoms with Gasteiger partial charge in [-0.3, -0.25) is 4.79 Å². The molecular formula is C20H24ClNO3S. The molecule has 1 N–H and O–H groups in total. The number of carbonyl (C=O) groups is 1. The molecule has 0 saturated heterocycles. The molecule has 0 heterocycles. The van der Waals surface area contributed by atoms with Crippen LogP contribution in [0.25, 0.3) is 0 Å². The lowest BCUT2D eigenvalue weighted by Gasteiger charge is -2.18. The Morgan fingerprint density at radius 1 is 1.15 bits per heavy atom. The van der Waals surface area contributed by atoms with Gasteiger partial charge in [-0.05, 0) is 61.6 Å². The van der Waals surface area contributed by atoms with Crippen molar-refractivity contribution in [3.63, 3.8) is 0 Å². The second-order valence-electron chi connectivity index (χ2n) is 5.80. The highest BCUT2D eigenvalue weighted by atomic mass is 35.5. The van der Waals surface area contributed by atoms with Gasteiger partial charge in [-0.1, -0.05) is 11.6 Å². The number of benzene rings is 2. The predicted octanol–water partition coefficient (Wildman–Crippen LogP) is 5.11. The van der Waals surface area contributed by atoms with E-state index in [0.717, 1.165) is 39.2 Å². The number of methoxy groups -OCH3 is 2. The molecule has 6 heteroatoms. The summed E-state index contributed by atoms with van der Waals surface area (Å²) in [5.41, 5.74) is 0.899. The maximum atomic E-state index is 12.2. The van der Waals surface area contributed by atoms with Crippen molar-refractivity contribution in [3.8, 4) is 11.5 Å². The van der Waals surface area contributed by atoms with Gasteiger partial charge >= 0.3 is 0 Å². The van der Waals surface area contributed by atoms with Crippen molar-refractivity contribution in [2.45, 2.75) is 30.7 Å². The number of halogens is 1. The molecular weight excluding hydrogens is 370 g/mol. The summed E-state index contributed by atoms with van der Waals surface area (Å²) in [6.07, 6.45) is 1.29. The molecule has 2 rings (SSSR count). The Morgan fingerprint density at radius 2 is 1.88 bits per heavy atom. The van der Waals surface area contributed by atoms with Crippen molar-refractivity contribution < 1.29 is 14.3 Å². The molecule has 0 spiro atoms. The molecule has 0 aromatic heterocycles. The Kier molecular flexibility index (Phi) is 8.13. The van der Waals surface area contributed by atoms with Crippen LogP contribution in [0.15, 0.2) is 47.4 Å². The number of hydrogen-bond donors (Lipinski definition) is 1. The van der Waals surface area contributed by atoms with Crippen LogP contribution in [-0.2, 0) is 4.79 Å². The van der Waals surface area contributed by atoms with Crippen molar-refractivity contribution in [3.05, 3.63) is 53.1 Å². The highest BCUT2D eigenvalue weighted by Crippen LogP contribution is 2.29. The van der Waals surface area contributed by atoms with Gasteiger partial charge in [0.15, 0.2) is 0 Å². The molecule has 0 aliphatic carbocycles. The Balaban J connectivity index is 1.80. The maximum absolute atomic E-state index is 12.2. The molecule has 0 radical (unpaired) electrons. The van der Waals surface area contributed by atoms with Crippen molar-refractivity contribution in [1.82, 2.24) is 5.32 Å². The number of hydrogen-bond acceptors (Lipinski definition) is 4. The standard InChI is InChI=1S/C20H24ClNO3S/c1-14(18-13-16(24-2)8-11-19(18)25-3)22-20(23)5-4-12-26-17-9-6-15(21)7-10-17/h6-11,13-14H,4-5,12H2,1-3H3,(H,22,23)/t14-/m1/s1. The molecule has 1 amide bonds. The maximum Gasteiger partial charge on any atom is 0.220 e. The number of ether oxygens (including phenoxy) is 2. The van der Waals surface area contributed by atoms with Crippen LogP contribution in [0.2, 0.25) is 5.02 Å². The molecule has 0 saturated carbocycles. The van der Waals surface area contributed by atoms with Crippen LogP contribution in [0.3, 0.4) is 0 Å². The zero-order valence-electron chi connectivity index (χ0n) is 15.3. The van der Waals surface area contributed by atoms with Crippen molar-refractivity contribution in [2.24, 2.45) is 0 Å². The third-order valence-electron chi connectivity index (χ3n) is 3.91. The molecule has 4 nitrogen and oxygen atoms in total. The van der Waals surface area contributed by atoms with Crippen molar-refractivity contribution >= 4 is 29.3 Å². The van der Waals surface area contributed by atoms with Gasteiger partial charge in [0.2, 0.25) is 5.91 Å². The first-order valence-corrected chi connectivity index (χ1v) is 9.79. The minimum Gasteiger partial charge on any atom is -0.497 e. The van der Waals surface area contributed by atoms with E-state index in [1.165, 1.54) is 0 Å². The van der Waals surface area contributed by atoms with Crippen LogP contribution in [0.4, 0.5) is 0 Å². The predicted molar refractivity (Wildman–Crippen MR) is 108 cm³/mol. The highest BCUT2D eigenvalue weighted by Gasteiger charge is 2.15. The number of rotatable bonds is 9. The fourth-order valence-electron chi connectivity index (χ4n) is 2.52. The van der Waals surface area contributed by atoms with Crippen LogP contribution in [0, 0.1) is 0 Å². The lowest BCUT2D eigenvalue weighted by atomic mass is 10.1. The van der Waals surface area contributed by atoms with Gasteiger partial charge in [0.05, 0.1) is 20.3 Å². The van der Waals surface area contributed by atoms with Crippen LogP contribution in [0.1, 0.15) is 31.4 Å². The quantitative estimate of drug-likeness (QED) is 0.475. The van der Waals surface area contributed by atoms with E-state index in [0.29, 0.717) is 6.42 Å². The highest BCUT2D eigenvalue weighted by molar-refractivity contribution is 7.99. The molecule has 2 aromatic rings. The summed E-state index contributed by atoms with van der Waals surface area (Å²) in [7, 11) is 3.24. The Bertz CT molecular complexity index is 721. The first-order chi connectivity index (χ1) is 12.5. The number of amides is 1. The van der Waals surface area contributed by atoms with E-state index in [1.54, 1.807) is 26.0 Å². The first kappa shape index (κ1) is 20.5.